The number of hydrogen-bond donors (Lipinski definition) is 1. The van der Waals surface area contributed by atoms with Crippen molar-refractivity contribution in [3.8, 4) is 17.1 Å². The van der Waals surface area contributed by atoms with Crippen LogP contribution in [-0.4, -0.2) is 48.1 Å². The zero-order valence-electron chi connectivity index (χ0n) is 18.6. The zero-order chi connectivity index (χ0) is 23.3. The smallest absolute Gasteiger partial charge is 0.341 e. The molecular weight excluding hydrogens is 436 g/mol. The molecule has 0 bridgehead atoms. The number of hydrogen-bond acceptors (Lipinski definition) is 6. The molecule has 0 saturated heterocycles. The fourth-order valence-electron chi connectivity index (χ4n) is 5.21. The van der Waals surface area contributed by atoms with Gasteiger partial charge >= 0.3 is 5.97 Å². The van der Waals surface area contributed by atoms with Gasteiger partial charge in [0.15, 0.2) is 16.3 Å². The van der Waals surface area contributed by atoms with Gasteiger partial charge in [-0.1, -0.05) is 25.4 Å². The van der Waals surface area contributed by atoms with Gasteiger partial charge in [0.25, 0.3) is 0 Å². The lowest BCUT2D eigenvalue weighted by atomic mass is 9.76. The predicted molar refractivity (Wildman–Crippen MR) is 119 cm³/mol. The maximum atomic E-state index is 12.6. The van der Waals surface area contributed by atoms with Gasteiger partial charge in [-0.3, -0.25) is 4.79 Å². The topological polar surface area (TPSA) is 99.9 Å². The average Bonchev–Trinajstić information content (AvgIpc) is 3.03. The van der Waals surface area contributed by atoms with E-state index in [2.05, 4.69) is 18.8 Å². The molecule has 1 aliphatic heterocycles. The van der Waals surface area contributed by atoms with Crippen LogP contribution in [0.15, 0.2) is 23.1 Å². The molecule has 9 heteroatoms. The molecule has 2 aromatic rings. The van der Waals surface area contributed by atoms with Crippen LogP contribution in [0.4, 0.5) is 0 Å². The molecule has 1 aliphatic carbocycles. The van der Waals surface area contributed by atoms with Crippen LogP contribution in [0.2, 0.25) is 5.15 Å². The van der Waals surface area contributed by atoms with E-state index in [4.69, 9.17) is 25.8 Å². The van der Waals surface area contributed by atoms with Gasteiger partial charge in [-0.15, -0.1) is 0 Å². The monoisotopic (exact) mass is 462 g/mol. The van der Waals surface area contributed by atoms with Crippen molar-refractivity contribution in [1.29, 1.82) is 0 Å². The van der Waals surface area contributed by atoms with Gasteiger partial charge in [-0.25, -0.2) is 9.78 Å². The Balaban J connectivity index is 1.95. The highest BCUT2D eigenvalue weighted by atomic mass is 35.5. The number of methoxy groups -OCH3 is 2. The molecule has 4 rings (SSSR count). The number of aromatic nitrogens is 2. The maximum absolute atomic E-state index is 12.6. The number of fused-ring (bicyclic) bond motifs is 6. The highest BCUT2D eigenvalue weighted by Gasteiger charge is 2.58. The molecule has 172 valence electrons. The molecule has 3 heterocycles. The first-order valence-corrected chi connectivity index (χ1v) is 10.9. The summed E-state index contributed by atoms with van der Waals surface area (Å²) in [4.78, 5) is 28.9. The molecule has 1 N–H and O–H groups in total. The third-order valence-corrected chi connectivity index (χ3v) is 6.94. The molecule has 1 saturated carbocycles. The zero-order valence-corrected chi connectivity index (χ0v) is 19.4. The van der Waals surface area contributed by atoms with Crippen molar-refractivity contribution in [1.82, 2.24) is 9.55 Å². The van der Waals surface area contributed by atoms with Crippen molar-refractivity contribution < 1.29 is 24.1 Å². The highest BCUT2D eigenvalue weighted by Crippen LogP contribution is 2.62. The summed E-state index contributed by atoms with van der Waals surface area (Å²) < 4.78 is 19.0. The Morgan fingerprint density at radius 3 is 2.69 bits per heavy atom. The number of carboxylic acid groups (broad SMARTS) is 1. The number of carboxylic acids is 1. The van der Waals surface area contributed by atoms with E-state index in [1.807, 2.05) is 10.6 Å². The molecule has 32 heavy (non-hydrogen) atoms. The van der Waals surface area contributed by atoms with Crippen LogP contribution >= 0.6 is 11.6 Å². The normalized spacial score (nSPS) is 22.7. The summed E-state index contributed by atoms with van der Waals surface area (Å²) in [5, 5.41) is 9.72. The quantitative estimate of drug-likeness (QED) is 0.492. The summed E-state index contributed by atoms with van der Waals surface area (Å²) in [7, 11) is 3.28. The summed E-state index contributed by atoms with van der Waals surface area (Å²) in [5.41, 5.74) is -0.0308. The third-order valence-electron chi connectivity index (χ3n) is 6.67. The van der Waals surface area contributed by atoms with E-state index in [1.165, 1.54) is 12.3 Å². The summed E-state index contributed by atoms with van der Waals surface area (Å²) >= 11 is 6.46. The van der Waals surface area contributed by atoms with Crippen LogP contribution in [0, 0.1) is 5.41 Å². The van der Waals surface area contributed by atoms with Crippen molar-refractivity contribution >= 4 is 17.6 Å². The van der Waals surface area contributed by atoms with Gasteiger partial charge in [-0.2, -0.15) is 0 Å². The Morgan fingerprint density at radius 2 is 2.03 bits per heavy atom. The number of ether oxygens (including phenoxy) is 3. The van der Waals surface area contributed by atoms with Gasteiger partial charge in [0.1, 0.15) is 11.2 Å². The Hall–Kier alpha value is -2.42. The average molecular weight is 463 g/mol. The number of aromatic carboxylic acids is 1. The molecule has 0 aromatic carbocycles. The van der Waals surface area contributed by atoms with Crippen LogP contribution in [0.5, 0.6) is 5.75 Å². The molecule has 2 aromatic heterocycles. The van der Waals surface area contributed by atoms with Crippen LogP contribution in [0.1, 0.15) is 55.1 Å². The molecule has 0 radical (unpaired) electrons. The van der Waals surface area contributed by atoms with Crippen LogP contribution in [0.25, 0.3) is 11.4 Å². The minimum Gasteiger partial charge on any atom is -0.490 e. The molecule has 2 aliphatic rings. The van der Waals surface area contributed by atoms with E-state index in [-0.39, 0.29) is 22.2 Å². The van der Waals surface area contributed by atoms with E-state index in [0.29, 0.717) is 43.2 Å². The fourth-order valence-corrected chi connectivity index (χ4v) is 5.40. The minimum atomic E-state index is -1.26. The Kier molecular flexibility index (Phi) is 5.81. The Labute approximate surface area is 191 Å². The van der Waals surface area contributed by atoms with Crippen LogP contribution < -0.4 is 10.2 Å². The number of nitrogens with zero attached hydrogens (tertiary/aromatic N) is 2. The standard InChI is InChI=1S/C23H27ClN2O6/c1-22(2)6-7-23(31-4)14-10-17(32-9-5-8-30-3)19(24)25-18(14)15-11-16(27)13(20(28)29)12-26(15)21(22)23/h10-12,21H,5-9H2,1-4H3,(H,28,29)/t21-,23+/m1/s1. The summed E-state index contributed by atoms with van der Waals surface area (Å²) in [6, 6.07) is 2.94. The largest absolute Gasteiger partial charge is 0.490 e. The number of rotatable bonds is 7. The lowest BCUT2D eigenvalue weighted by Crippen LogP contribution is -2.44. The van der Waals surface area contributed by atoms with Gasteiger partial charge in [0.2, 0.25) is 0 Å². The number of pyridine rings is 2. The number of carbonyl (C=O) groups is 1. The van der Waals surface area contributed by atoms with Crippen molar-refractivity contribution in [2.24, 2.45) is 5.41 Å². The van der Waals surface area contributed by atoms with Crippen LogP contribution in [0.3, 0.4) is 0 Å². The first-order valence-electron chi connectivity index (χ1n) is 10.5. The first-order chi connectivity index (χ1) is 15.2. The van der Waals surface area contributed by atoms with Gasteiger partial charge in [0, 0.05) is 45.1 Å². The molecule has 8 nitrogen and oxygen atoms in total. The Morgan fingerprint density at radius 1 is 1.28 bits per heavy atom. The van der Waals surface area contributed by atoms with Gasteiger partial charge in [0.05, 0.1) is 24.0 Å². The molecule has 0 spiro atoms. The second kappa shape index (κ2) is 8.17. The van der Waals surface area contributed by atoms with Gasteiger partial charge in [-0.05, 0) is 24.3 Å². The predicted octanol–water partition coefficient (Wildman–Crippen LogP) is 3.89. The summed E-state index contributed by atoms with van der Waals surface area (Å²) in [5.74, 6) is -0.819. The molecule has 0 unspecified atom stereocenters. The van der Waals surface area contributed by atoms with Crippen molar-refractivity contribution in [2.45, 2.75) is 44.8 Å². The number of halogens is 1. The van der Waals surface area contributed by atoms with Crippen molar-refractivity contribution in [3.05, 3.63) is 44.8 Å². The van der Waals surface area contributed by atoms with E-state index in [1.54, 1.807) is 14.2 Å². The second-order valence-electron chi connectivity index (χ2n) is 9.00. The Bertz CT molecular complexity index is 1130. The second-order valence-corrected chi connectivity index (χ2v) is 9.36. The third kappa shape index (κ3) is 3.41. The summed E-state index contributed by atoms with van der Waals surface area (Å²) in [6.45, 7) is 5.23. The first kappa shape index (κ1) is 22.8. The molecule has 1 fully saturated rings. The van der Waals surface area contributed by atoms with E-state index >= 15 is 0 Å². The van der Waals surface area contributed by atoms with Gasteiger partial charge < -0.3 is 23.9 Å². The summed E-state index contributed by atoms with van der Waals surface area (Å²) in [6.07, 6.45) is 3.66. The van der Waals surface area contributed by atoms with Crippen molar-refractivity contribution in [2.75, 3.05) is 27.4 Å². The highest BCUT2D eigenvalue weighted by molar-refractivity contribution is 6.31. The lowest BCUT2D eigenvalue weighted by Gasteiger charge is -2.46. The van der Waals surface area contributed by atoms with E-state index in [0.717, 1.165) is 12.0 Å². The minimum absolute atomic E-state index is 0.171. The van der Waals surface area contributed by atoms with Crippen molar-refractivity contribution in [3.63, 3.8) is 0 Å². The SMILES string of the molecule is COCCCOc1cc2c(nc1Cl)-c1cc(=O)c(C(=O)O)cn1[C@@H]1C(C)(C)CC[C@]21OC. The maximum Gasteiger partial charge on any atom is 0.341 e. The van der Waals surface area contributed by atoms with Crippen LogP contribution in [-0.2, 0) is 15.1 Å². The van der Waals surface area contributed by atoms with E-state index in [9.17, 15) is 14.7 Å². The van der Waals surface area contributed by atoms with E-state index < -0.39 is 17.0 Å². The lowest BCUT2D eigenvalue weighted by molar-refractivity contribution is -0.0608. The molecular formula is C23H27ClN2O6. The molecule has 0 amide bonds. The fraction of sp³-hybridized carbons (Fsp3) is 0.522. The molecule has 2 atom stereocenters.